The van der Waals surface area contributed by atoms with Crippen LogP contribution in [-0.4, -0.2) is 31.0 Å². The summed E-state index contributed by atoms with van der Waals surface area (Å²) >= 11 is 6.11. The summed E-state index contributed by atoms with van der Waals surface area (Å²) in [5.74, 6) is -0.181. The molecule has 0 fully saturated rings. The molecule has 0 radical (unpaired) electrons. The maximum atomic E-state index is 13.2. The van der Waals surface area contributed by atoms with E-state index in [0.717, 1.165) is 28.8 Å². The Morgan fingerprint density at radius 3 is 2.61 bits per heavy atom. The molecule has 0 aromatic heterocycles. The van der Waals surface area contributed by atoms with Crippen molar-refractivity contribution in [2.45, 2.75) is 12.3 Å². The van der Waals surface area contributed by atoms with E-state index >= 15 is 0 Å². The van der Waals surface area contributed by atoms with Crippen LogP contribution in [0.15, 0.2) is 52.7 Å². The fourth-order valence-corrected chi connectivity index (χ4v) is 2.97. The summed E-state index contributed by atoms with van der Waals surface area (Å²) in [6.07, 6.45) is 2.44. The predicted molar refractivity (Wildman–Crippen MR) is 93.0 cm³/mol. The first-order chi connectivity index (χ1) is 11.0. The lowest BCUT2D eigenvalue weighted by atomic mass is 9.95. The van der Waals surface area contributed by atoms with Crippen LogP contribution in [0.1, 0.15) is 22.6 Å². The second kappa shape index (κ2) is 6.50. The van der Waals surface area contributed by atoms with Crippen LogP contribution in [0.2, 0.25) is 5.02 Å². The maximum Gasteiger partial charge on any atom is 0.123 e. The molecule has 3 rings (SSSR count). The van der Waals surface area contributed by atoms with Gasteiger partial charge in [0.25, 0.3) is 0 Å². The minimum Gasteiger partial charge on any atom is -0.367 e. The molecule has 0 bridgehead atoms. The fourth-order valence-electron chi connectivity index (χ4n) is 2.77. The van der Waals surface area contributed by atoms with Gasteiger partial charge < -0.3 is 4.90 Å². The highest BCUT2D eigenvalue weighted by atomic mass is 35.5. The van der Waals surface area contributed by atoms with E-state index in [2.05, 4.69) is 10.2 Å². The highest BCUT2D eigenvalue weighted by Crippen LogP contribution is 2.36. The topological polar surface area (TPSA) is 28.0 Å². The monoisotopic (exact) mass is 329 g/mol. The van der Waals surface area contributed by atoms with E-state index < -0.39 is 0 Å². The van der Waals surface area contributed by atoms with Crippen molar-refractivity contribution in [3.8, 4) is 0 Å². The van der Waals surface area contributed by atoms with Crippen molar-refractivity contribution in [1.82, 2.24) is 4.90 Å². The highest BCUT2D eigenvalue weighted by molar-refractivity contribution is 6.31. The van der Waals surface area contributed by atoms with E-state index in [1.807, 2.05) is 37.2 Å². The molecule has 118 valence electrons. The third-order valence-corrected chi connectivity index (χ3v) is 4.05. The van der Waals surface area contributed by atoms with Gasteiger partial charge in [0, 0.05) is 30.6 Å². The lowest BCUT2D eigenvalue weighted by Gasteiger charge is -2.11. The van der Waals surface area contributed by atoms with Gasteiger partial charge in [0.05, 0.1) is 5.71 Å². The SMILES string of the molecule is CN(C)C=NN=C1c2ccc(Cl)cc2CC1c1ccc(F)cc1. The van der Waals surface area contributed by atoms with Crippen LogP contribution >= 0.6 is 11.6 Å². The molecule has 5 heteroatoms. The van der Waals surface area contributed by atoms with E-state index in [1.54, 1.807) is 18.5 Å². The summed E-state index contributed by atoms with van der Waals surface area (Å²) in [6.45, 7) is 0. The van der Waals surface area contributed by atoms with Crippen LogP contribution < -0.4 is 0 Å². The lowest BCUT2D eigenvalue weighted by Crippen LogP contribution is -2.10. The molecular formula is C18H17ClFN3. The predicted octanol–water partition coefficient (Wildman–Crippen LogP) is 4.11. The molecule has 1 aliphatic carbocycles. The van der Waals surface area contributed by atoms with Crippen molar-refractivity contribution in [1.29, 1.82) is 0 Å². The Bertz CT molecular complexity index is 766. The Kier molecular flexibility index (Phi) is 4.44. The molecule has 2 aromatic rings. The maximum absolute atomic E-state index is 13.2. The average molecular weight is 330 g/mol. The first kappa shape index (κ1) is 15.7. The molecule has 1 atom stereocenters. The molecule has 0 saturated carbocycles. The van der Waals surface area contributed by atoms with Gasteiger partial charge in [-0.1, -0.05) is 29.8 Å². The van der Waals surface area contributed by atoms with Crippen molar-refractivity contribution in [3.63, 3.8) is 0 Å². The van der Waals surface area contributed by atoms with Crippen LogP contribution in [-0.2, 0) is 6.42 Å². The van der Waals surface area contributed by atoms with Crippen molar-refractivity contribution in [2.75, 3.05) is 14.1 Å². The number of nitrogens with zero attached hydrogens (tertiary/aromatic N) is 3. The molecule has 1 unspecified atom stereocenters. The van der Waals surface area contributed by atoms with Gasteiger partial charge in [-0.2, -0.15) is 5.10 Å². The molecule has 1 aliphatic rings. The molecule has 0 amide bonds. The first-order valence-electron chi connectivity index (χ1n) is 7.36. The fraction of sp³-hybridized carbons (Fsp3) is 0.222. The summed E-state index contributed by atoms with van der Waals surface area (Å²) in [5.41, 5.74) is 4.11. The molecule has 23 heavy (non-hydrogen) atoms. The zero-order chi connectivity index (χ0) is 16.4. The number of fused-ring (bicyclic) bond motifs is 1. The van der Waals surface area contributed by atoms with Gasteiger partial charge in [-0.3, -0.25) is 0 Å². The minimum atomic E-state index is -0.239. The van der Waals surface area contributed by atoms with E-state index in [-0.39, 0.29) is 11.7 Å². The van der Waals surface area contributed by atoms with Crippen LogP contribution in [0.4, 0.5) is 4.39 Å². The number of halogens is 2. The van der Waals surface area contributed by atoms with E-state index in [4.69, 9.17) is 11.6 Å². The molecule has 0 saturated heterocycles. The van der Waals surface area contributed by atoms with Gasteiger partial charge in [0.2, 0.25) is 0 Å². The number of rotatable bonds is 3. The third-order valence-electron chi connectivity index (χ3n) is 3.82. The van der Waals surface area contributed by atoms with Crippen LogP contribution in [0.3, 0.4) is 0 Å². The van der Waals surface area contributed by atoms with Crippen molar-refractivity contribution >= 4 is 23.7 Å². The summed E-state index contributed by atoms with van der Waals surface area (Å²) in [6, 6.07) is 12.4. The summed E-state index contributed by atoms with van der Waals surface area (Å²) < 4.78 is 13.2. The molecule has 0 aliphatic heterocycles. The Balaban J connectivity index is 2.03. The quantitative estimate of drug-likeness (QED) is 0.473. The first-order valence-corrected chi connectivity index (χ1v) is 7.74. The molecule has 3 nitrogen and oxygen atoms in total. The van der Waals surface area contributed by atoms with Crippen molar-refractivity contribution < 1.29 is 4.39 Å². The smallest absolute Gasteiger partial charge is 0.123 e. The van der Waals surface area contributed by atoms with Gasteiger partial charge in [-0.05, 0) is 41.8 Å². The normalized spacial score (nSPS) is 18.6. The molecule has 0 N–H and O–H groups in total. The van der Waals surface area contributed by atoms with E-state index in [0.29, 0.717) is 5.02 Å². The second-order valence-electron chi connectivity index (χ2n) is 5.79. The van der Waals surface area contributed by atoms with Crippen molar-refractivity contribution in [2.24, 2.45) is 10.2 Å². The largest absolute Gasteiger partial charge is 0.367 e. The zero-order valence-electron chi connectivity index (χ0n) is 13.0. The summed E-state index contributed by atoms with van der Waals surface area (Å²) in [7, 11) is 3.78. The number of benzene rings is 2. The Morgan fingerprint density at radius 1 is 1.17 bits per heavy atom. The van der Waals surface area contributed by atoms with Gasteiger partial charge in [-0.25, -0.2) is 4.39 Å². The van der Waals surface area contributed by atoms with Crippen molar-refractivity contribution in [3.05, 3.63) is 70.0 Å². The number of hydrogen-bond acceptors (Lipinski definition) is 2. The van der Waals surface area contributed by atoms with Crippen LogP contribution in [0.5, 0.6) is 0 Å². The van der Waals surface area contributed by atoms with Crippen LogP contribution in [0, 0.1) is 5.82 Å². The second-order valence-corrected chi connectivity index (χ2v) is 6.23. The van der Waals surface area contributed by atoms with Gasteiger partial charge >= 0.3 is 0 Å². The Labute approximate surface area is 140 Å². The lowest BCUT2D eigenvalue weighted by molar-refractivity contribution is 0.626. The third kappa shape index (κ3) is 3.42. The molecule has 0 heterocycles. The van der Waals surface area contributed by atoms with Gasteiger partial charge in [0.15, 0.2) is 0 Å². The number of hydrogen-bond donors (Lipinski definition) is 0. The summed E-state index contributed by atoms with van der Waals surface area (Å²) in [4.78, 5) is 1.83. The van der Waals surface area contributed by atoms with E-state index in [9.17, 15) is 4.39 Å². The summed E-state index contributed by atoms with van der Waals surface area (Å²) in [5, 5.41) is 9.28. The average Bonchev–Trinajstić information content (AvgIpc) is 2.85. The molecule has 2 aromatic carbocycles. The van der Waals surface area contributed by atoms with E-state index in [1.165, 1.54) is 12.1 Å². The van der Waals surface area contributed by atoms with Crippen LogP contribution in [0.25, 0.3) is 0 Å². The van der Waals surface area contributed by atoms with Gasteiger partial charge in [-0.15, -0.1) is 5.10 Å². The van der Waals surface area contributed by atoms with Gasteiger partial charge in [0.1, 0.15) is 12.2 Å². The standard InChI is InChI=1S/C18H17ClFN3/c1-23(2)11-21-22-18-16-8-5-14(19)9-13(16)10-17(18)12-3-6-15(20)7-4-12/h3-9,11,17H,10H2,1-2H3. The Hall–Kier alpha value is -2.20. The molecule has 0 spiro atoms. The Morgan fingerprint density at radius 2 is 1.91 bits per heavy atom. The molecular weight excluding hydrogens is 313 g/mol. The highest BCUT2D eigenvalue weighted by Gasteiger charge is 2.30. The minimum absolute atomic E-state index is 0.0587. The zero-order valence-corrected chi connectivity index (χ0v) is 13.8.